The lowest BCUT2D eigenvalue weighted by Gasteiger charge is -2.12. The predicted octanol–water partition coefficient (Wildman–Crippen LogP) is 2.67. The van der Waals surface area contributed by atoms with Gasteiger partial charge in [0.1, 0.15) is 0 Å². The summed E-state index contributed by atoms with van der Waals surface area (Å²) >= 11 is 0. The maximum absolute atomic E-state index is 12.1. The second-order valence-electron chi connectivity index (χ2n) is 2.70. The maximum atomic E-state index is 12.1. The first-order chi connectivity index (χ1) is 6.02. The fraction of sp³-hybridized carbons (Fsp3) is 0.875. The van der Waals surface area contributed by atoms with E-state index in [-0.39, 0.29) is 6.42 Å². The standard InChI is InChI=1S/C8H13F3O2/c1-2-3-4-5-7(12)13-8(10,11)6-9/h2-6H2,1H3. The molecule has 78 valence electrons. The molecule has 13 heavy (non-hydrogen) atoms. The van der Waals surface area contributed by atoms with Crippen LogP contribution in [0.2, 0.25) is 0 Å². The van der Waals surface area contributed by atoms with Gasteiger partial charge in [0.15, 0.2) is 6.67 Å². The lowest BCUT2D eigenvalue weighted by Crippen LogP contribution is -2.27. The summed E-state index contributed by atoms with van der Waals surface area (Å²) in [5, 5.41) is 0. The molecule has 0 spiro atoms. The van der Waals surface area contributed by atoms with Crippen molar-refractivity contribution in [2.45, 2.75) is 38.7 Å². The van der Waals surface area contributed by atoms with Crippen LogP contribution in [0.15, 0.2) is 0 Å². The minimum atomic E-state index is -3.96. The molecule has 0 heterocycles. The van der Waals surface area contributed by atoms with Crippen molar-refractivity contribution < 1.29 is 22.7 Å². The molecular formula is C8H13F3O2. The zero-order valence-electron chi connectivity index (χ0n) is 7.49. The van der Waals surface area contributed by atoms with Gasteiger partial charge in [-0.3, -0.25) is 4.79 Å². The first-order valence-corrected chi connectivity index (χ1v) is 4.17. The smallest absolute Gasteiger partial charge is 0.399 e. The molecule has 0 aliphatic carbocycles. The van der Waals surface area contributed by atoms with Gasteiger partial charge in [0.2, 0.25) is 0 Å². The number of carbonyl (C=O) groups is 1. The molecule has 2 nitrogen and oxygen atoms in total. The van der Waals surface area contributed by atoms with Crippen molar-refractivity contribution >= 4 is 5.97 Å². The number of alkyl halides is 3. The van der Waals surface area contributed by atoms with Crippen LogP contribution in [-0.2, 0) is 9.53 Å². The van der Waals surface area contributed by atoms with Crippen LogP contribution < -0.4 is 0 Å². The van der Waals surface area contributed by atoms with Crippen LogP contribution in [0.3, 0.4) is 0 Å². The van der Waals surface area contributed by atoms with Gasteiger partial charge in [0.05, 0.1) is 0 Å². The van der Waals surface area contributed by atoms with Gasteiger partial charge in [-0.2, -0.15) is 8.78 Å². The molecule has 0 aromatic heterocycles. The highest BCUT2D eigenvalue weighted by Crippen LogP contribution is 2.17. The van der Waals surface area contributed by atoms with Crippen molar-refractivity contribution in [3.63, 3.8) is 0 Å². The normalized spacial score (nSPS) is 11.4. The minimum absolute atomic E-state index is 0.0799. The molecule has 0 atom stereocenters. The van der Waals surface area contributed by atoms with Crippen molar-refractivity contribution in [1.82, 2.24) is 0 Å². The Morgan fingerprint density at radius 2 is 2.00 bits per heavy atom. The monoisotopic (exact) mass is 198 g/mol. The Balaban J connectivity index is 3.62. The molecule has 0 N–H and O–H groups in total. The van der Waals surface area contributed by atoms with E-state index in [0.717, 1.165) is 12.8 Å². The van der Waals surface area contributed by atoms with Crippen LogP contribution in [0.25, 0.3) is 0 Å². The third kappa shape index (κ3) is 6.42. The summed E-state index contributed by atoms with van der Waals surface area (Å²) in [7, 11) is 0. The van der Waals surface area contributed by atoms with E-state index >= 15 is 0 Å². The number of esters is 1. The van der Waals surface area contributed by atoms with Crippen LogP contribution >= 0.6 is 0 Å². The highest BCUT2D eigenvalue weighted by atomic mass is 19.3. The summed E-state index contributed by atoms with van der Waals surface area (Å²) in [6, 6.07) is 0. The van der Waals surface area contributed by atoms with Crippen molar-refractivity contribution in [1.29, 1.82) is 0 Å². The molecule has 0 bridgehead atoms. The molecule has 0 radical (unpaired) electrons. The van der Waals surface area contributed by atoms with Gasteiger partial charge in [-0.05, 0) is 6.42 Å². The molecule has 0 aromatic rings. The topological polar surface area (TPSA) is 26.3 Å². The van der Waals surface area contributed by atoms with Crippen LogP contribution in [0.1, 0.15) is 32.6 Å². The zero-order valence-corrected chi connectivity index (χ0v) is 7.49. The Bertz CT molecular complexity index is 159. The minimum Gasteiger partial charge on any atom is -0.399 e. The fourth-order valence-corrected chi connectivity index (χ4v) is 0.764. The van der Waals surface area contributed by atoms with Crippen LogP contribution in [0.5, 0.6) is 0 Å². The van der Waals surface area contributed by atoms with E-state index < -0.39 is 18.8 Å². The number of hydrogen-bond donors (Lipinski definition) is 0. The van der Waals surface area contributed by atoms with Gasteiger partial charge in [-0.25, -0.2) is 4.39 Å². The first kappa shape index (κ1) is 12.3. The van der Waals surface area contributed by atoms with Gasteiger partial charge >= 0.3 is 12.1 Å². The number of carbonyl (C=O) groups excluding carboxylic acids is 1. The Morgan fingerprint density at radius 3 is 2.46 bits per heavy atom. The lowest BCUT2D eigenvalue weighted by molar-refractivity contribution is -0.238. The van der Waals surface area contributed by atoms with E-state index in [1.54, 1.807) is 0 Å². The molecule has 0 amide bonds. The Hall–Kier alpha value is -0.740. The van der Waals surface area contributed by atoms with Gasteiger partial charge in [0, 0.05) is 6.42 Å². The third-order valence-electron chi connectivity index (χ3n) is 1.40. The third-order valence-corrected chi connectivity index (χ3v) is 1.40. The summed E-state index contributed by atoms with van der Waals surface area (Å²) in [6.07, 6.45) is -1.88. The Morgan fingerprint density at radius 1 is 1.38 bits per heavy atom. The van der Waals surface area contributed by atoms with E-state index in [0.29, 0.717) is 6.42 Å². The lowest BCUT2D eigenvalue weighted by atomic mass is 10.2. The average molecular weight is 198 g/mol. The number of ether oxygens (including phenoxy) is 1. The zero-order chi connectivity index (χ0) is 10.3. The highest BCUT2D eigenvalue weighted by Gasteiger charge is 2.33. The molecule has 0 saturated heterocycles. The number of halogens is 3. The van der Waals surface area contributed by atoms with E-state index in [2.05, 4.69) is 4.74 Å². The fourth-order valence-electron chi connectivity index (χ4n) is 0.764. The van der Waals surface area contributed by atoms with E-state index in [4.69, 9.17) is 0 Å². The van der Waals surface area contributed by atoms with Gasteiger partial charge in [-0.1, -0.05) is 19.8 Å². The van der Waals surface area contributed by atoms with E-state index in [9.17, 15) is 18.0 Å². The van der Waals surface area contributed by atoms with Gasteiger partial charge in [0.25, 0.3) is 0 Å². The van der Waals surface area contributed by atoms with Crippen molar-refractivity contribution in [2.24, 2.45) is 0 Å². The SMILES string of the molecule is CCCCCC(=O)OC(F)(F)CF. The summed E-state index contributed by atoms with van der Waals surface area (Å²) in [4.78, 5) is 10.6. The number of rotatable bonds is 6. The van der Waals surface area contributed by atoms with Crippen LogP contribution in [-0.4, -0.2) is 18.8 Å². The van der Waals surface area contributed by atoms with Crippen LogP contribution in [0.4, 0.5) is 13.2 Å². The molecule has 5 heteroatoms. The molecule has 0 saturated carbocycles. The van der Waals surface area contributed by atoms with Gasteiger partial charge < -0.3 is 4.74 Å². The van der Waals surface area contributed by atoms with Gasteiger partial charge in [-0.15, -0.1) is 0 Å². The summed E-state index contributed by atoms with van der Waals surface area (Å²) in [5.74, 6) is -1.05. The largest absolute Gasteiger partial charge is 0.429 e. The first-order valence-electron chi connectivity index (χ1n) is 4.17. The molecule has 0 fully saturated rings. The van der Waals surface area contributed by atoms with Crippen molar-refractivity contribution in [2.75, 3.05) is 6.67 Å². The quantitative estimate of drug-likeness (QED) is 0.484. The highest BCUT2D eigenvalue weighted by molar-refractivity contribution is 5.69. The summed E-state index contributed by atoms with van der Waals surface area (Å²) < 4.78 is 39.3. The molecule has 0 unspecified atom stereocenters. The van der Waals surface area contributed by atoms with Crippen molar-refractivity contribution in [3.8, 4) is 0 Å². The maximum Gasteiger partial charge on any atom is 0.429 e. The Kier molecular flexibility index (Phi) is 5.50. The van der Waals surface area contributed by atoms with E-state index in [1.165, 1.54) is 0 Å². The second-order valence-corrected chi connectivity index (χ2v) is 2.70. The number of unbranched alkanes of at least 4 members (excludes halogenated alkanes) is 2. The molecule has 0 rings (SSSR count). The van der Waals surface area contributed by atoms with Crippen LogP contribution in [0, 0.1) is 0 Å². The Labute approximate surface area is 75.1 Å². The average Bonchev–Trinajstić information content (AvgIpc) is 2.04. The summed E-state index contributed by atoms with van der Waals surface area (Å²) in [5.41, 5.74) is 0. The molecule has 0 aliphatic rings. The predicted molar refractivity (Wildman–Crippen MR) is 41.2 cm³/mol. The van der Waals surface area contributed by atoms with E-state index in [1.807, 2.05) is 6.92 Å². The second kappa shape index (κ2) is 5.83. The summed E-state index contributed by atoms with van der Waals surface area (Å²) in [6.45, 7) is -0.0476. The molecular weight excluding hydrogens is 185 g/mol. The van der Waals surface area contributed by atoms with Crippen molar-refractivity contribution in [3.05, 3.63) is 0 Å². The molecule has 0 aromatic carbocycles. The number of hydrogen-bond acceptors (Lipinski definition) is 2. The molecule has 0 aliphatic heterocycles.